The topological polar surface area (TPSA) is 30.7 Å². The van der Waals surface area contributed by atoms with E-state index in [0.29, 0.717) is 5.15 Å². The van der Waals surface area contributed by atoms with Crippen LogP contribution in [0.15, 0.2) is 0 Å². The van der Waals surface area contributed by atoms with Gasteiger partial charge < -0.3 is 0 Å². The number of hydrogen-bond donors (Lipinski definition) is 0. The number of nitrogens with zero attached hydrogens (tertiary/aromatic N) is 3. The third-order valence-corrected chi connectivity index (χ3v) is 1.64. The van der Waals surface area contributed by atoms with Crippen molar-refractivity contribution in [3.8, 4) is 0 Å². The zero-order valence-electron chi connectivity index (χ0n) is 7.22. The fourth-order valence-electron chi connectivity index (χ4n) is 0.842. The minimum absolute atomic E-state index is 0.0225. The molecule has 0 spiro atoms. The molecule has 1 aromatic heterocycles. The van der Waals surface area contributed by atoms with Gasteiger partial charge in [0.25, 0.3) is 0 Å². The lowest BCUT2D eigenvalue weighted by molar-refractivity contribution is 0.546. The first-order chi connectivity index (χ1) is 4.91. The summed E-state index contributed by atoms with van der Waals surface area (Å²) >= 11 is 5.84. The van der Waals surface area contributed by atoms with E-state index in [1.165, 1.54) is 4.80 Å². The molecule has 3 nitrogen and oxygen atoms in total. The second-order valence-electron chi connectivity index (χ2n) is 3.58. The summed E-state index contributed by atoms with van der Waals surface area (Å²) in [6.45, 7) is 6.18. The molecule has 0 fully saturated rings. The molecule has 0 amide bonds. The van der Waals surface area contributed by atoms with Gasteiger partial charge in [0, 0.05) is 12.5 Å². The standard InChI is InChI=1S/C7H12ClN3/c1-7(2,3)5-6(8)10-11(4)9-5/h1-4H3. The zero-order valence-corrected chi connectivity index (χ0v) is 7.98. The summed E-state index contributed by atoms with van der Waals surface area (Å²) in [6, 6.07) is 0. The van der Waals surface area contributed by atoms with E-state index in [-0.39, 0.29) is 5.41 Å². The van der Waals surface area contributed by atoms with Crippen molar-refractivity contribution in [2.75, 3.05) is 0 Å². The second-order valence-corrected chi connectivity index (χ2v) is 3.94. The van der Waals surface area contributed by atoms with Crippen LogP contribution in [-0.2, 0) is 12.5 Å². The summed E-state index contributed by atoms with van der Waals surface area (Å²) in [5.74, 6) is 0. The first-order valence-electron chi connectivity index (χ1n) is 3.48. The van der Waals surface area contributed by atoms with Crippen molar-refractivity contribution in [2.24, 2.45) is 7.05 Å². The Morgan fingerprint density at radius 3 is 2.00 bits per heavy atom. The Balaban J connectivity index is 3.13. The monoisotopic (exact) mass is 173 g/mol. The third kappa shape index (κ3) is 1.71. The Kier molecular flexibility index (Phi) is 1.92. The number of aryl methyl sites for hydroxylation is 1. The van der Waals surface area contributed by atoms with Crippen molar-refractivity contribution < 1.29 is 0 Å². The highest BCUT2D eigenvalue weighted by Crippen LogP contribution is 2.25. The molecule has 0 N–H and O–H groups in total. The molecule has 0 aliphatic carbocycles. The van der Waals surface area contributed by atoms with Gasteiger partial charge in [-0.3, -0.25) is 0 Å². The van der Waals surface area contributed by atoms with Crippen LogP contribution >= 0.6 is 11.6 Å². The Morgan fingerprint density at radius 1 is 1.27 bits per heavy atom. The lowest BCUT2D eigenvalue weighted by atomic mass is 9.93. The molecular weight excluding hydrogens is 162 g/mol. The summed E-state index contributed by atoms with van der Waals surface area (Å²) < 4.78 is 0. The number of hydrogen-bond acceptors (Lipinski definition) is 2. The SMILES string of the molecule is Cn1nc(Cl)c(C(C)(C)C)n1. The summed E-state index contributed by atoms with van der Waals surface area (Å²) in [4.78, 5) is 1.49. The highest BCUT2D eigenvalue weighted by atomic mass is 35.5. The van der Waals surface area contributed by atoms with Crippen LogP contribution in [0.25, 0.3) is 0 Å². The van der Waals surface area contributed by atoms with Crippen molar-refractivity contribution in [3.05, 3.63) is 10.8 Å². The fraction of sp³-hybridized carbons (Fsp3) is 0.714. The molecule has 0 saturated carbocycles. The van der Waals surface area contributed by atoms with Crippen LogP contribution in [0.1, 0.15) is 26.5 Å². The molecule has 1 heterocycles. The van der Waals surface area contributed by atoms with Gasteiger partial charge in [-0.2, -0.15) is 9.90 Å². The highest BCUT2D eigenvalue weighted by molar-refractivity contribution is 6.30. The van der Waals surface area contributed by atoms with Gasteiger partial charge in [-0.15, -0.1) is 5.10 Å². The Morgan fingerprint density at radius 2 is 1.82 bits per heavy atom. The van der Waals surface area contributed by atoms with Crippen molar-refractivity contribution in [1.29, 1.82) is 0 Å². The van der Waals surface area contributed by atoms with Crippen LogP contribution in [0.4, 0.5) is 0 Å². The summed E-state index contributed by atoms with van der Waals surface area (Å²) in [6.07, 6.45) is 0. The molecule has 0 atom stereocenters. The summed E-state index contributed by atoms with van der Waals surface area (Å²) in [7, 11) is 1.76. The van der Waals surface area contributed by atoms with Crippen molar-refractivity contribution >= 4 is 11.6 Å². The number of halogens is 1. The van der Waals surface area contributed by atoms with E-state index < -0.39 is 0 Å². The van der Waals surface area contributed by atoms with Crippen LogP contribution in [-0.4, -0.2) is 15.0 Å². The highest BCUT2D eigenvalue weighted by Gasteiger charge is 2.21. The van der Waals surface area contributed by atoms with Crippen molar-refractivity contribution in [1.82, 2.24) is 15.0 Å². The molecule has 0 radical (unpaired) electrons. The molecule has 1 rings (SSSR count). The van der Waals surface area contributed by atoms with E-state index in [4.69, 9.17) is 11.6 Å². The molecular formula is C7H12ClN3. The molecule has 0 aliphatic heterocycles. The van der Waals surface area contributed by atoms with Gasteiger partial charge in [0.2, 0.25) is 0 Å². The van der Waals surface area contributed by atoms with Crippen LogP contribution in [0.5, 0.6) is 0 Å². The summed E-state index contributed by atoms with van der Waals surface area (Å²) in [5.41, 5.74) is 0.826. The zero-order chi connectivity index (χ0) is 8.65. The van der Waals surface area contributed by atoms with Gasteiger partial charge in [0.05, 0.1) is 0 Å². The Bertz CT molecular complexity index is 259. The van der Waals surface area contributed by atoms with E-state index in [2.05, 4.69) is 31.0 Å². The van der Waals surface area contributed by atoms with E-state index in [9.17, 15) is 0 Å². The number of aromatic nitrogens is 3. The minimum atomic E-state index is -0.0225. The largest absolute Gasteiger partial charge is 0.186 e. The van der Waals surface area contributed by atoms with Gasteiger partial charge in [-0.1, -0.05) is 32.4 Å². The average Bonchev–Trinajstić information content (AvgIpc) is 2.08. The lowest BCUT2D eigenvalue weighted by Crippen LogP contribution is -2.12. The van der Waals surface area contributed by atoms with Crippen molar-refractivity contribution in [3.63, 3.8) is 0 Å². The first kappa shape index (κ1) is 8.53. The lowest BCUT2D eigenvalue weighted by Gasteiger charge is -2.13. The Hall–Kier alpha value is -0.570. The maximum atomic E-state index is 5.84. The maximum absolute atomic E-state index is 5.84. The summed E-state index contributed by atoms with van der Waals surface area (Å²) in [5, 5.41) is 8.60. The number of rotatable bonds is 0. The smallest absolute Gasteiger partial charge is 0.175 e. The molecule has 0 aliphatic rings. The predicted molar refractivity (Wildman–Crippen MR) is 44.7 cm³/mol. The Labute approximate surface area is 71.4 Å². The quantitative estimate of drug-likeness (QED) is 0.599. The van der Waals surface area contributed by atoms with Gasteiger partial charge in [0.1, 0.15) is 5.69 Å². The molecule has 0 bridgehead atoms. The third-order valence-electron chi connectivity index (χ3n) is 1.38. The fourth-order valence-corrected chi connectivity index (χ4v) is 1.27. The van der Waals surface area contributed by atoms with Gasteiger partial charge in [0.15, 0.2) is 5.15 Å². The van der Waals surface area contributed by atoms with E-state index in [1.807, 2.05) is 0 Å². The van der Waals surface area contributed by atoms with Crippen molar-refractivity contribution in [2.45, 2.75) is 26.2 Å². The van der Waals surface area contributed by atoms with Crippen LogP contribution in [0.3, 0.4) is 0 Å². The maximum Gasteiger partial charge on any atom is 0.175 e. The minimum Gasteiger partial charge on any atom is -0.186 e. The normalized spacial score (nSPS) is 12.1. The van der Waals surface area contributed by atoms with E-state index >= 15 is 0 Å². The van der Waals surface area contributed by atoms with E-state index in [1.54, 1.807) is 7.05 Å². The van der Waals surface area contributed by atoms with Crippen LogP contribution in [0.2, 0.25) is 5.15 Å². The first-order valence-corrected chi connectivity index (χ1v) is 3.86. The van der Waals surface area contributed by atoms with Gasteiger partial charge in [-0.05, 0) is 0 Å². The molecule has 4 heteroatoms. The van der Waals surface area contributed by atoms with Gasteiger partial charge >= 0.3 is 0 Å². The van der Waals surface area contributed by atoms with Crippen LogP contribution in [0, 0.1) is 0 Å². The molecule has 62 valence electrons. The second kappa shape index (κ2) is 2.48. The molecule has 0 aromatic carbocycles. The van der Waals surface area contributed by atoms with Crippen LogP contribution < -0.4 is 0 Å². The van der Waals surface area contributed by atoms with E-state index in [0.717, 1.165) is 5.69 Å². The van der Waals surface area contributed by atoms with Gasteiger partial charge in [-0.25, -0.2) is 0 Å². The molecule has 0 saturated heterocycles. The average molecular weight is 174 g/mol. The molecule has 11 heavy (non-hydrogen) atoms. The predicted octanol–water partition coefficient (Wildman–Crippen LogP) is 1.77. The molecule has 0 unspecified atom stereocenters. The molecule has 1 aromatic rings.